The molecule has 0 atom stereocenters. The van der Waals surface area contributed by atoms with Gasteiger partial charge in [0.1, 0.15) is 5.82 Å². The monoisotopic (exact) mass is 252 g/mol. The SMILES string of the molecule is CCOC(=O)/C(=N\Nc1ccc(F)cc1)C(C)=O. The molecule has 0 aliphatic carbocycles. The van der Waals surface area contributed by atoms with E-state index in [1.165, 1.54) is 31.2 Å². The van der Waals surface area contributed by atoms with Crippen LogP contribution in [0.5, 0.6) is 0 Å². The number of nitrogens with zero attached hydrogens (tertiary/aromatic N) is 1. The standard InChI is InChI=1S/C12H13FN2O3/c1-3-18-12(17)11(8(2)16)15-14-10-6-4-9(13)5-7-10/h4-7,14H,3H2,1-2H3/b15-11-. The lowest BCUT2D eigenvalue weighted by Gasteiger charge is -2.04. The van der Waals surface area contributed by atoms with Crippen LogP contribution in [0.15, 0.2) is 29.4 Å². The first-order chi connectivity index (χ1) is 8.54. The maximum atomic E-state index is 12.7. The molecule has 18 heavy (non-hydrogen) atoms. The van der Waals surface area contributed by atoms with Crippen molar-refractivity contribution in [1.29, 1.82) is 0 Å². The van der Waals surface area contributed by atoms with E-state index in [1.54, 1.807) is 6.92 Å². The Bertz CT molecular complexity index is 469. The molecule has 0 aliphatic rings. The van der Waals surface area contributed by atoms with Gasteiger partial charge in [0.15, 0.2) is 5.78 Å². The van der Waals surface area contributed by atoms with Gasteiger partial charge in [0.05, 0.1) is 12.3 Å². The van der Waals surface area contributed by atoms with Crippen molar-refractivity contribution in [2.45, 2.75) is 13.8 Å². The molecule has 0 heterocycles. The summed E-state index contributed by atoms with van der Waals surface area (Å²) in [5.74, 6) is -1.69. The Kier molecular flexibility index (Phi) is 4.98. The van der Waals surface area contributed by atoms with E-state index in [9.17, 15) is 14.0 Å². The van der Waals surface area contributed by atoms with Crippen LogP contribution in [0, 0.1) is 5.82 Å². The van der Waals surface area contributed by atoms with Crippen molar-refractivity contribution >= 4 is 23.2 Å². The van der Waals surface area contributed by atoms with Crippen LogP contribution < -0.4 is 5.43 Å². The molecule has 1 aromatic rings. The van der Waals surface area contributed by atoms with Crippen LogP contribution in [0.25, 0.3) is 0 Å². The number of halogens is 1. The third-order valence-corrected chi connectivity index (χ3v) is 1.94. The Hall–Kier alpha value is -2.24. The topological polar surface area (TPSA) is 67.8 Å². The Balaban J connectivity index is 2.80. The molecule has 0 spiro atoms. The van der Waals surface area contributed by atoms with Crippen molar-refractivity contribution < 1.29 is 18.7 Å². The van der Waals surface area contributed by atoms with Gasteiger partial charge in [-0.3, -0.25) is 10.2 Å². The molecule has 0 fully saturated rings. The second-order valence-corrected chi connectivity index (χ2v) is 3.36. The fourth-order valence-corrected chi connectivity index (χ4v) is 1.11. The molecule has 1 aromatic carbocycles. The van der Waals surface area contributed by atoms with Gasteiger partial charge in [0, 0.05) is 6.92 Å². The van der Waals surface area contributed by atoms with E-state index in [0.717, 1.165) is 0 Å². The number of ketones is 1. The smallest absolute Gasteiger partial charge is 0.362 e. The third kappa shape index (κ3) is 3.97. The predicted molar refractivity (Wildman–Crippen MR) is 64.8 cm³/mol. The number of hydrazone groups is 1. The number of Topliss-reactive ketones (excluding diaryl/α,β-unsaturated/α-hetero) is 1. The van der Waals surface area contributed by atoms with Crippen molar-refractivity contribution in [2.24, 2.45) is 5.10 Å². The highest BCUT2D eigenvalue weighted by Crippen LogP contribution is 2.08. The van der Waals surface area contributed by atoms with Gasteiger partial charge >= 0.3 is 5.97 Å². The summed E-state index contributed by atoms with van der Waals surface area (Å²) in [4.78, 5) is 22.6. The van der Waals surface area contributed by atoms with Crippen molar-refractivity contribution in [3.8, 4) is 0 Å². The molecule has 5 nitrogen and oxygen atoms in total. The minimum absolute atomic E-state index is 0.154. The van der Waals surface area contributed by atoms with E-state index in [2.05, 4.69) is 15.3 Å². The number of hydrogen-bond acceptors (Lipinski definition) is 5. The molecular weight excluding hydrogens is 239 g/mol. The highest BCUT2D eigenvalue weighted by Gasteiger charge is 2.17. The average molecular weight is 252 g/mol. The number of benzene rings is 1. The molecule has 0 bridgehead atoms. The highest BCUT2D eigenvalue weighted by atomic mass is 19.1. The van der Waals surface area contributed by atoms with Crippen LogP contribution in [0.2, 0.25) is 0 Å². The number of hydrogen-bond donors (Lipinski definition) is 1. The van der Waals surface area contributed by atoms with Crippen LogP contribution in [-0.2, 0) is 14.3 Å². The number of ether oxygens (including phenoxy) is 1. The molecule has 0 aromatic heterocycles. The Labute approximate surface area is 104 Å². The highest BCUT2D eigenvalue weighted by molar-refractivity contribution is 6.64. The van der Waals surface area contributed by atoms with Crippen LogP contribution >= 0.6 is 0 Å². The van der Waals surface area contributed by atoms with Crippen LogP contribution in [-0.4, -0.2) is 24.1 Å². The first-order valence-electron chi connectivity index (χ1n) is 5.32. The van der Waals surface area contributed by atoms with Gasteiger partial charge in [-0.1, -0.05) is 0 Å². The lowest BCUT2D eigenvalue weighted by molar-refractivity contribution is -0.135. The van der Waals surface area contributed by atoms with Gasteiger partial charge in [-0.05, 0) is 31.2 Å². The molecule has 0 saturated heterocycles. The summed E-state index contributed by atoms with van der Waals surface area (Å²) in [6.07, 6.45) is 0. The first-order valence-corrected chi connectivity index (χ1v) is 5.32. The van der Waals surface area contributed by atoms with Crippen molar-refractivity contribution in [2.75, 3.05) is 12.0 Å². The molecule has 96 valence electrons. The van der Waals surface area contributed by atoms with Crippen LogP contribution in [0.4, 0.5) is 10.1 Å². The zero-order valence-corrected chi connectivity index (χ0v) is 10.1. The Morgan fingerprint density at radius 1 is 1.33 bits per heavy atom. The van der Waals surface area contributed by atoms with Gasteiger partial charge < -0.3 is 4.74 Å². The maximum Gasteiger partial charge on any atom is 0.362 e. The van der Waals surface area contributed by atoms with Gasteiger partial charge in [-0.2, -0.15) is 5.10 Å². The van der Waals surface area contributed by atoms with Crippen molar-refractivity contribution in [3.05, 3.63) is 30.1 Å². The summed E-state index contributed by atoms with van der Waals surface area (Å²) < 4.78 is 17.3. The van der Waals surface area contributed by atoms with E-state index in [4.69, 9.17) is 0 Å². The van der Waals surface area contributed by atoms with Crippen LogP contribution in [0.3, 0.4) is 0 Å². The Morgan fingerprint density at radius 2 is 1.94 bits per heavy atom. The maximum absolute atomic E-state index is 12.7. The summed E-state index contributed by atoms with van der Waals surface area (Å²) in [5.41, 5.74) is 2.62. The van der Waals surface area contributed by atoms with E-state index >= 15 is 0 Å². The molecule has 0 amide bonds. The second-order valence-electron chi connectivity index (χ2n) is 3.36. The van der Waals surface area contributed by atoms with Gasteiger partial charge in [-0.15, -0.1) is 0 Å². The lowest BCUT2D eigenvalue weighted by Crippen LogP contribution is -2.25. The summed E-state index contributed by atoms with van der Waals surface area (Å²) in [6, 6.07) is 5.33. The molecule has 0 aliphatic heterocycles. The van der Waals surface area contributed by atoms with Crippen molar-refractivity contribution in [1.82, 2.24) is 0 Å². The number of carbonyl (C=O) groups is 2. The fraction of sp³-hybridized carbons (Fsp3) is 0.250. The zero-order chi connectivity index (χ0) is 13.5. The lowest BCUT2D eigenvalue weighted by atomic mass is 10.3. The molecular formula is C12H13FN2O3. The molecule has 6 heteroatoms. The molecule has 0 unspecified atom stereocenters. The Morgan fingerprint density at radius 3 is 2.44 bits per heavy atom. The summed E-state index contributed by atoms with van der Waals surface area (Å²) in [5, 5.41) is 3.66. The number of nitrogens with one attached hydrogen (secondary N) is 1. The minimum atomic E-state index is -0.792. The molecule has 0 saturated carbocycles. The largest absolute Gasteiger partial charge is 0.461 e. The second kappa shape index (κ2) is 6.48. The van der Waals surface area contributed by atoms with Gasteiger partial charge in [0.25, 0.3) is 0 Å². The van der Waals surface area contributed by atoms with E-state index in [0.29, 0.717) is 5.69 Å². The van der Waals surface area contributed by atoms with E-state index in [-0.39, 0.29) is 18.1 Å². The van der Waals surface area contributed by atoms with Gasteiger partial charge in [-0.25, -0.2) is 9.18 Å². The molecule has 0 radical (unpaired) electrons. The number of esters is 1. The molecule has 1 rings (SSSR count). The zero-order valence-electron chi connectivity index (χ0n) is 10.1. The third-order valence-electron chi connectivity index (χ3n) is 1.94. The average Bonchev–Trinajstić information content (AvgIpc) is 2.31. The summed E-state index contributed by atoms with van der Waals surface area (Å²) >= 11 is 0. The van der Waals surface area contributed by atoms with Crippen molar-refractivity contribution in [3.63, 3.8) is 0 Å². The number of rotatable bonds is 5. The minimum Gasteiger partial charge on any atom is -0.461 e. The normalized spacial score (nSPS) is 10.9. The van der Waals surface area contributed by atoms with E-state index < -0.39 is 11.8 Å². The molecule has 1 N–H and O–H groups in total. The number of carbonyl (C=O) groups excluding carboxylic acids is 2. The fourth-order valence-electron chi connectivity index (χ4n) is 1.11. The van der Waals surface area contributed by atoms with E-state index in [1.807, 2.05) is 0 Å². The predicted octanol–water partition coefficient (Wildman–Crippen LogP) is 1.75. The summed E-state index contributed by atoms with van der Waals surface area (Å²) in [7, 11) is 0. The number of anilines is 1. The first kappa shape index (κ1) is 13.8. The van der Waals surface area contributed by atoms with Crippen LogP contribution in [0.1, 0.15) is 13.8 Å². The summed E-state index contributed by atoms with van der Waals surface area (Å²) in [6.45, 7) is 2.99. The van der Waals surface area contributed by atoms with Gasteiger partial charge in [0.2, 0.25) is 5.71 Å². The quantitative estimate of drug-likeness (QED) is 0.375.